The van der Waals surface area contributed by atoms with Crippen molar-refractivity contribution in [1.82, 2.24) is 0 Å². The van der Waals surface area contributed by atoms with E-state index >= 15 is 0 Å². The van der Waals surface area contributed by atoms with Gasteiger partial charge in [-0.05, 0) is 24.9 Å². The van der Waals surface area contributed by atoms with Crippen LogP contribution in [0.2, 0.25) is 12.1 Å². The third-order valence-electron chi connectivity index (χ3n) is 1.79. The minimum Gasteiger partial charge on any atom is -0.379 e. The van der Waals surface area contributed by atoms with Crippen LogP contribution in [0.1, 0.15) is 12.8 Å². The van der Waals surface area contributed by atoms with E-state index in [0.717, 1.165) is 25.5 Å². The van der Waals surface area contributed by atoms with Gasteiger partial charge in [-0.3, -0.25) is 0 Å². The molecule has 0 saturated carbocycles. The first kappa shape index (κ1) is 17.5. The molecule has 0 aliphatic rings. The van der Waals surface area contributed by atoms with E-state index < -0.39 is 6.00 Å². The van der Waals surface area contributed by atoms with E-state index in [9.17, 15) is 0 Å². The van der Waals surface area contributed by atoms with Crippen molar-refractivity contribution in [2.24, 2.45) is 0 Å². The van der Waals surface area contributed by atoms with E-state index in [0.29, 0.717) is 25.9 Å². The highest BCUT2D eigenvalue weighted by atomic mass is 35.8. The van der Waals surface area contributed by atoms with Gasteiger partial charge in [0.15, 0.2) is 0 Å². The Bertz CT molecular complexity index is 157. The summed E-state index contributed by atoms with van der Waals surface area (Å²) in [5.41, 5.74) is 0. The number of halogens is 4. The second-order valence-electron chi connectivity index (χ2n) is 3.34. The van der Waals surface area contributed by atoms with Crippen LogP contribution in [-0.2, 0) is 9.47 Å². The van der Waals surface area contributed by atoms with Gasteiger partial charge in [0.05, 0.1) is 13.2 Å². The molecule has 0 spiro atoms. The zero-order valence-electron chi connectivity index (χ0n) is 9.19. The first-order chi connectivity index (χ1) is 7.56. The van der Waals surface area contributed by atoms with Crippen LogP contribution in [0.15, 0.2) is 0 Å². The normalized spacial score (nSPS) is 12.8. The fraction of sp³-hybridized carbons (Fsp3) is 1.00. The summed E-state index contributed by atoms with van der Waals surface area (Å²) >= 11 is 22.8. The lowest BCUT2D eigenvalue weighted by molar-refractivity contribution is 0.0483. The summed E-state index contributed by atoms with van der Waals surface area (Å²) in [6.07, 6.45) is 1.87. The molecule has 98 valence electrons. The zero-order chi connectivity index (χ0) is 12.3. The summed E-state index contributed by atoms with van der Waals surface area (Å²) in [4.78, 5) is 0. The molecule has 0 N–H and O–H groups in total. The van der Waals surface area contributed by atoms with Crippen molar-refractivity contribution in [3.05, 3.63) is 0 Å². The van der Waals surface area contributed by atoms with Crippen LogP contribution in [0.4, 0.5) is 0 Å². The molecule has 2 nitrogen and oxygen atoms in total. The lowest BCUT2D eigenvalue weighted by Gasteiger charge is -2.08. The smallest absolute Gasteiger partial charge is 0.341 e. The SMILES string of the molecule is Cl[SiH2]CCCOCCOCCC[Si](Cl)(Cl)Cl. The average molecular weight is 344 g/mol. The first-order valence-corrected chi connectivity index (χ1v) is 13.7. The van der Waals surface area contributed by atoms with Crippen molar-refractivity contribution in [2.75, 3.05) is 26.4 Å². The second kappa shape index (κ2) is 11.6. The Morgan fingerprint density at radius 1 is 0.875 bits per heavy atom. The van der Waals surface area contributed by atoms with Crippen molar-refractivity contribution in [3.63, 3.8) is 0 Å². The van der Waals surface area contributed by atoms with Crippen molar-refractivity contribution >= 4 is 59.1 Å². The monoisotopic (exact) mass is 342 g/mol. The van der Waals surface area contributed by atoms with Gasteiger partial charge >= 0.3 is 6.00 Å². The van der Waals surface area contributed by atoms with Gasteiger partial charge in [-0.15, -0.1) is 33.2 Å². The summed E-state index contributed by atoms with van der Waals surface area (Å²) in [5.74, 6) is 0. The summed E-state index contributed by atoms with van der Waals surface area (Å²) in [6, 6.07) is -0.664. The van der Waals surface area contributed by atoms with Crippen LogP contribution < -0.4 is 0 Å². The zero-order valence-corrected chi connectivity index (χ0v) is 14.6. The van der Waals surface area contributed by atoms with Crippen molar-refractivity contribution in [3.8, 4) is 0 Å². The molecule has 0 unspecified atom stereocenters. The van der Waals surface area contributed by atoms with E-state index in [1.165, 1.54) is 0 Å². The molecule has 0 amide bonds. The predicted molar refractivity (Wildman–Crippen MR) is 78.2 cm³/mol. The van der Waals surface area contributed by atoms with Crippen molar-refractivity contribution in [1.29, 1.82) is 0 Å². The molecule has 0 aromatic heterocycles. The quantitative estimate of drug-likeness (QED) is 0.326. The topological polar surface area (TPSA) is 18.5 Å². The fourth-order valence-corrected chi connectivity index (χ4v) is 3.70. The molecule has 0 aliphatic carbocycles. The molecule has 0 heterocycles. The van der Waals surface area contributed by atoms with Crippen molar-refractivity contribution in [2.45, 2.75) is 24.9 Å². The Balaban J connectivity index is 2.99. The molecule has 0 saturated heterocycles. The molecule has 0 fully saturated rings. The summed E-state index contributed by atoms with van der Waals surface area (Å²) in [7, 11) is -0.323. The summed E-state index contributed by atoms with van der Waals surface area (Å²) in [5, 5.41) is 0. The van der Waals surface area contributed by atoms with E-state index in [-0.39, 0.29) is 8.83 Å². The fourth-order valence-electron chi connectivity index (χ4n) is 0.995. The van der Waals surface area contributed by atoms with Crippen LogP contribution in [0, 0.1) is 0 Å². The van der Waals surface area contributed by atoms with Gasteiger partial charge < -0.3 is 9.47 Å². The maximum absolute atomic E-state index is 5.73. The molecule has 0 aromatic carbocycles. The Labute approximate surface area is 120 Å². The van der Waals surface area contributed by atoms with E-state index in [1.807, 2.05) is 0 Å². The van der Waals surface area contributed by atoms with Crippen LogP contribution in [0.5, 0.6) is 0 Å². The number of rotatable bonds is 11. The minimum atomic E-state index is -2.45. The number of hydrogen-bond acceptors (Lipinski definition) is 2. The Morgan fingerprint density at radius 2 is 1.44 bits per heavy atom. The third-order valence-corrected chi connectivity index (χ3v) is 5.98. The Kier molecular flexibility index (Phi) is 12.7. The third kappa shape index (κ3) is 15.5. The molecule has 0 atom stereocenters. The van der Waals surface area contributed by atoms with Gasteiger partial charge in [0.1, 0.15) is 8.83 Å². The highest BCUT2D eigenvalue weighted by Gasteiger charge is 2.23. The van der Waals surface area contributed by atoms with Crippen LogP contribution in [0.25, 0.3) is 0 Å². The van der Waals surface area contributed by atoms with Gasteiger partial charge in [0, 0.05) is 13.2 Å². The highest BCUT2D eigenvalue weighted by Crippen LogP contribution is 2.26. The molecule has 0 aromatic rings. The standard InChI is InChI=1S/C8H18Cl4O2Si2/c9-15-7-1-3-13-5-6-14-4-2-8-16(10,11)12/h1-8,15H2. The number of hydrogen-bond donors (Lipinski definition) is 0. The van der Waals surface area contributed by atoms with E-state index in [2.05, 4.69) is 0 Å². The second-order valence-corrected chi connectivity index (χ2v) is 14.8. The lowest BCUT2D eigenvalue weighted by atomic mass is 10.5. The summed E-state index contributed by atoms with van der Waals surface area (Å²) in [6.45, 7) is 2.66. The van der Waals surface area contributed by atoms with Gasteiger partial charge in [0.25, 0.3) is 0 Å². The Hall–Kier alpha value is 1.51. The average Bonchev–Trinajstić information content (AvgIpc) is 2.19. The molecular weight excluding hydrogens is 326 g/mol. The van der Waals surface area contributed by atoms with E-state index in [1.54, 1.807) is 0 Å². The molecule has 0 rings (SSSR count). The molecule has 16 heavy (non-hydrogen) atoms. The van der Waals surface area contributed by atoms with Crippen LogP contribution in [0.3, 0.4) is 0 Å². The lowest BCUT2D eigenvalue weighted by Crippen LogP contribution is -2.11. The van der Waals surface area contributed by atoms with Crippen LogP contribution in [-0.4, -0.2) is 41.3 Å². The van der Waals surface area contributed by atoms with Gasteiger partial charge in [-0.25, -0.2) is 0 Å². The van der Waals surface area contributed by atoms with Gasteiger partial charge in [0.2, 0.25) is 0 Å². The maximum Gasteiger partial charge on any atom is 0.341 e. The molecule has 0 bridgehead atoms. The largest absolute Gasteiger partial charge is 0.379 e. The molecular formula is C8H18Cl4O2Si2. The Morgan fingerprint density at radius 3 is 1.94 bits per heavy atom. The van der Waals surface area contributed by atoms with Crippen LogP contribution >= 0.6 is 44.3 Å². The molecule has 0 aliphatic heterocycles. The van der Waals surface area contributed by atoms with Gasteiger partial charge in [-0.1, -0.05) is 0 Å². The van der Waals surface area contributed by atoms with E-state index in [4.69, 9.17) is 53.8 Å². The molecule has 8 heteroatoms. The highest BCUT2D eigenvalue weighted by molar-refractivity contribution is 7.64. The maximum atomic E-state index is 5.73. The minimum absolute atomic E-state index is 0.323. The molecule has 0 radical (unpaired) electrons. The number of ether oxygens (including phenoxy) is 2. The summed E-state index contributed by atoms with van der Waals surface area (Å²) < 4.78 is 10.7. The predicted octanol–water partition coefficient (Wildman–Crippen LogP) is 3.20. The van der Waals surface area contributed by atoms with Gasteiger partial charge in [-0.2, -0.15) is 11.1 Å². The van der Waals surface area contributed by atoms with Crippen molar-refractivity contribution < 1.29 is 9.47 Å². The first-order valence-electron chi connectivity index (χ1n) is 5.34.